The van der Waals surface area contributed by atoms with Crippen molar-refractivity contribution in [1.82, 2.24) is 0 Å². The average molecular weight is 355 g/mol. The molecule has 4 heteroatoms. The van der Waals surface area contributed by atoms with Crippen molar-refractivity contribution in [1.29, 1.82) is 0 Å². The Kier molecular flexibility index (Phi) is 4.18. The van der Waals surface area contributed by atoms with Crippen LogP contribution in [-0.2, 0) is 11.2 Å². The number of hydrogen-bond acceptors (Lipinski definition) is 1. The molecule has 2 nitrogen and oxygen atoms in total. The first kappa shape index (κ1) is 11.0. The smallest absolute Gasteiger partial charge is 0.317 e. The Labute approximate surface area is 98.6 Å². The van der Waals surface area contributed by atoms with Crippen LogP contribution in [-0.4, -0.2) is 15.9 Å². The summed E-state index contributed by atoms with van der Waals surface area (Å²) in [7, 11) is 0. The summed E-state index contributed by atoms with van der Waals surface area (Å²) < 4.78 is 1.16. The van der Waals surface area contributed by atoms with Gasteiger partial charge in [0.25, 0.3) is 0 Å². The highest BCUT2D eigenvalue weighted by atomic mass is 127. The van der Waals surface area contributed by atoms with Crippen LogP contribution in [0.15, 0.2) is 24.3 Å². The van der Waals surface area contributed by atoms with Crippen LogP contribution in [0.5, 0.6) is 0 Å². The molecule has 0 unspecified atom stereocenters. The number of halogens is 2. The summed E-state index contributed by atoms with van der Waals surface area (Å²) in [6, 6.07) is 7.83. The molecule has 0 saturated carbocycles. The van der Waals surface area contributed by atoms with Gasteiger partial charge in [-0.1, -0.05) is 28.1 Å². The predicted octanol–water partition coefficient (Wildman–Crippen LogP) is 2.68. The SMILES string of the molecule is O=C(O)[C@@H](Br)Cc1ccc(I)cc1. The summed E-state index contributed by atoms with van der Waals surface area (Å²) >= 11 is 5.31. The van der Waals surface area contributed by atoms with E-state index in [1.165, 1.54) is 0 Å². The third kappa shape index (κ3) is 3.64. The average Bonchev–Trinajstić information content (AvgIpc) is 2.08. The number of carboxylic acids is 1. The highest BCUT2D eigenvalue weighted by Crippen LogP contribution is 2.12. The van der Waals surface area contributed by atoms with Gasteiger partial charge in [0.1, 0.15) is 4.83 Å². The molecule has 0 heterocycles. The Hall–Kier alpha value is -0.100. The monoisotopic (exact) mass is 354 g/mol. The van der Waals surface area contributed by atoms with Crippen molar-refractivity contribution in [3.05, 3.63) is 33.4 Å². The maximum atomic E-state index is 10.5. The second-order valence-corrected chi connectivity index (χ2v) is 4.99. The number of rotatable bonds is 3. The van der Waals surface area contributed by atoms with Crippen molar-refractivity contribution in [3.8, 4) is 0 Å². The largest absolute Gasteiger partial charge is 0.480 e. The summed E-state index contributed by atoms with van der Waals surface area (Å²) in [4.78, 5) is 10.0. The van der Waals surface area contributed by atoms with Crippen LogP contribution in [0.2, 0.25) is 0 Å². The molecule has 0 amide bonds. The van der Waals surface area contributed by atoms with E-state index in [0.717, 1.165) is 9.13 Å². The zero-order chi connectivity index (χ0) is 9.84. The van der Waals surface area contributed by atoms with Gasteiger partial charge in [0.15, 0.2) is 0 Å². The second-order valence-electron chi connectivity index (χ2n) is 2.64. The summed E-state index contributed by atoms with van der Waals surface area (Å²) in [5.41, 5.74) is 1.03. The minimum atomic E-state index is -0.821. The molecule has 0 aliphatic carbocycles. The Bertz CT molecular complexity index is 297. The Morgan fingerprint density at radius 3 is 2.46 bits per heavy atom. The van der Waals surface area contributed by atoms with E-state index < -0.39 is 10.8 Å². The van der Waals surface area contributed by atoms with Gasteiger partial charge in [-0.05, 0) is 46.7 Å². The molecule has 1 rings (SSSR count). The minimum absolute atomic E-state index is 0.493. The van der Waals surface area contributed by atoms with Crippen LogP contribution in [0.3, 0.4) is 0 Å². The first-order valence-corrected chi connectivity index (χ1v) is 5.70. The molecule has 70 valence electrons. The first-order valence-electron chi connectivity index (χ1n) is 3.71. The summed E-state index contributed by atoms with van der Waals surface area (Å²) in [6.07, 6.45) is 0.520. The topological polar surface area (TPSA) is 37.3 Å². The van der Waals surface area contributed by atoms with Crippen LogP contribution in [0.25, 0.3) is 0 Å². The van der Waals surface area contributed by atoms with E-state index in [-0.39, 0.29) is 0 Å². The molecular weight excluding hydrogens is 347 g/mol. The van der Waals surface area contributed by atoms with E-state index in [9.17, 15) is 4.79 Å². The quantitative estimate of drug-likeness (QED) is 0.669. The summed E-state index contributed by atoms with van der Waals surface area (Å²) in [6.45, 7) is 0. The van der Waals surface area contributed by atoms with Gasteiger partial charge < -0.3 is 5.11 Å². The van der Waals surface area contributed by atoms with Gasteiger partial charge in [-0.15, -0.1) is 0 Å². The fourth-order valence-corrected chi connectivity index (χ4v) is 1.65. The highest BCUT2D eigenvalue weighted by Gasteiger charge is 2.12. The number of alkyl halides is 1. The lowest BCUT2D eigenvalue weighted by Gasteiger charge is -2.04. The molecule has 0 bridgehead atoms. The molecule has 1 aromatic rings. The van der Waals surface area contributed by atoms with Gasteiger partial charge in [0.05, 0.1) is 0 Å². The van der Waals surface area contributed by atoms with Crippen LogP contribution >= 0.6 is 38.5 Å². The summed E-state index contributed by atoms with van der Waals surface area (Å²) in [5.74, 6) is -0.821. The van der Waals surface area contributed by atoms with E-state index in [2.05, 4.69) is 38.5 Å². The fourth-order valence-electron chi connectivity index (χ4n) is 0.915. The van der Waals surface area contributed by atoms with E-state index in [1.54, 1.807) is 0 Å². The van der Waals surface area contributed by atoms with Crippen LogP contribution < -0.4 is 0 Å². The van der Waals surface area contributed by atoms with Crippen molar-refractivity contribution in [2.75, 3.05) is 0 Å². The van der Waals surface area contributed by atoms with E-state index in [0.29, 0.717) is 6.42 Å². The lowest BCUT2D eigenvalue weighted by atomic mass is 10.1. The normalized spacial score (nSPS) is 12.5. The van der Waals surface area contributed by atoms with Crippen LogP contribution in [0.4, 0.5) is 0 Å². The Balaban J connectivity index is 2.64. The number of carboxylic acid groups (broad SMARTS) is 1. The van der Waals surface area contributed by atoms with Gasteiger partial charge >= 0.3 is 5.97 Å². The summed E-state index contributed by atoms with van der Waals surface area (Å²) in [5, 5.41) is 8.65. The standard InChI is InChI=1S/C9H8BrIO2/c10-8(9(12)13)5-6-1-3-7(11)4-2-6/h1-4,8H,5H2,(H,12,13)/t8-/m0/s1. The van der Waals surface area contributed by atoms with Crippen molar-refractivity contribution in [2.45, 2.75) is 11.2 Å². The third-order valence-electron chi connectivity index (χ3n) is 1.60. The highest BCUT2D eigenvalue weighted by molar-refractivity contribution is 14.1. The van der Waals surface area contributed by atoms with Crippen LogP contribution in [0.1, 0.15) is 5.56 Å². The number of hydrogen-bond donors (Lipinski definition) is 1. The minimum Gasteiger partial charge on any atom is -0.480 e. The number of carbonyl (C=O) groups is 1. The first-order chi connectivity index (χ1) is 6.09. The number of benzene rings is 1. The van der Waals surface area contributed by atoms with Crippen molar-refractivity contribution in [3.63, 3.8) is 0 Å². The zero-order valence-corrected chi connectivity index (χ0v) is 10.4. The van der Waals surface area contributed by atoms with E-state index >= 15 is 0 Å². The molecule has 0 fully saturated rings. The molecule has 1 aromatic carbocycles. The second kappa shape index (κ2) is 4.95. The Morgan fingerprint density at radius 2 is 2.00 bits per heavy atom. The van der Waals surface area contributed by atoms with Gasteiger partial charge in [-0.2, -0.15) is 0 Å². The van der Waals surface area contributed by atoms with Gasteiger partial charge in [-0.25, -0.2) is 0 Å². The molecule has 0 spiro atoms. The lowest BCUT2D eigenvalue weighted by molar-refractivity contribution is -0.136. The van der Waals surface area contributed by atoms with Crippen LogP contribution in [0, 0.1) is 3.57 Å². The molecule has 0 radical (unpaired) electrons. The molecule has 1 atom stereocenters. The predicted molar refractivity (Wildman–Crippen MR) is 63.2 cm³/mol. The molecular formula is C9H8BrIO2. The van der Waals surface area contributed by atoms with E-state index in [4.69, 9.17) is 5.11 Å². The van der Waals surface area contributed by atoms with Crippen molar-refractivity contribution in [2.24, 2.45) is 0 Å². The van der Waals surface area contributed by atoms with E-state index in [1.807, 2.05) is 24.3 Å². The van der Waals surface area contributed by atoms with Gasteiger partial charge in [0.2, 0.25) is 0 Å². The van der Waals surface area contributed by atoms with Crippen molar-refractivity contribution < 1.29 is 9.90 Å². The van der Waals surface area contributed by atoms with Gasteiger partial charge in [-0.3, -0.25) is 4.79 Å². The maximum Gasteiger partial charge on any atom is 0.317 e. The zero-order valence-electron chi connectivity index (χ0n) is 6.71. The van der Waals surface area contributed by atoms with Crippen molar-refractivity contribution >= 4 is 44.5 Å². The molecule has 0 aromatic heterocycles. The maximum absolute atomic E-state index is 10.5. The Morgan fingerprint density at radius 1 is 1.46 bits per heavy atom. The van der Waals surface area contributed by atoms with Gasteiger partial charge in [0, 0.05) is 3.57 Å². The molecule has 0 saturated heterocycles. The molecule has 0 aliphatic rings. The number of aliphatic carboxylic acids is 1. The third-order valence-corrected chi connectivity index (χ3v) is 3.03. The fraction of sp³-hybridized carbons (Fsp3) is 0.222. The lowest BCUT2D eigenvalue weighted by Crippen LogP contribution is -2.15. The molecule has 1 N–H and O–H groups in total. The molecule has 0 aliphatic heterocycles. The molecule has 13 heavy (non-hydrogen) atoms.